The van der Waals surface area contributed by atoms with Crippen LogP contribution in [-0.2, 0) is 0 Å². The fourth-order valence-corrected chi connectivity index (χ4v) is 1.89. The van der Waals surface area contributed by atoms with Crippen molar-refractivity contribution in [1.82, 2.24) is 15.1 Å². The highest BCUT2D eigenvalue weighted by molar-refractivity contribution is 6.32. The lowest BCUT2D eigenvalue weighted by atomic mass is 10.2. The maximum absolute atomic E-state index is 11.3. The van der Waals surface area contributed by atoms with Crippen molar-refractivity contribution < 1.29 is 4.42 Å². The largest absolute Gasteiger partial charge is 0.468 e. The standard InChI is InChI=1S/C12H15ClN4O2/c1-17(2)9(10-4-3-5-19-10)7-14-8-6-15-16-12(18)11(8)13/h3-6,9H,7H2,1-2H3,(H2,14,16,18). The Kier molecular flexibility index (Phi) is 4.24. The Bertz CT molecular complexity index is 580. The van der Waals surface area contributed by atoms with Gasteiger partial charge in [-0.25, -0.2) is 5.10 Å². The van der Waals surface area contributed by atoms with E-state index >= 15 is 0 Å². The number of H-pyrrole nitrogens is 1. The van der Waals surface area contributed by atoms with Crippen LogP contribution in [0.25, 0.3) is 0 Å². The van der Waals surface area contributed by atoms with Gasteiger partial charge in [0.25, 0.3) is 5.56 Å². The first-order valence-corrected chi connectivity index (χ1v) is 6.14. The van der Waals surface area contributed by atoms with Crippen molar-refractivity contribution in [3.8, 4) is 0 Å². The van der Waals surface area contributed by atoms with Crippen molar-refractivity contribution in [2.45, 2.75) is 6.04 Å². The summed E-state index contributed by atoms with van der Waals surface area (Å²) in [4.78, 5) is 13.3. The molecular formula is C12H15ClN4O2. The van der Waals surface area contributed by atoms with Gasteiger partial charge in [0.2, 0.25) is 0 Å². The minimum Gasteiger partial charge on any atom is -0.468 e. The van der Waals surface area contributed by atoms with Crippen LogP contribution in [0.1, 0.15) is 11.8 Å². The molecule has 0 saturated heterocycles. The first-order valence-electron chi connectivity index (χ1n) is 5.76. The molecule has 0 saturated carbocycles. The average Bonchev–Trinajstić information content (AvgIpc) is 2.88. The quantitative estimate of drug-likeness (QED) is 0.874. The van der Waals surface area contributed by atoms with Gasteiger partial charge < -0.3 is 9.73 Å². The second kappa shape index (κ2) is 5.90. The summed E-state index contributed by atoms with van der Waals surface area (Å²) in [5.41, 5.74) is 0.0925. The van der Waals surface area contributed by atoms with Crippen LogP contribution in [-0.4, -0.2) is 35.7 Å². The Morgan fingerprint density at radius 3 is 3.00 bits per heavy atom. The topological polar surface area (TPSA) is 74.2 Å². The van der Waals surface area contributed by atoms with Crippen molar-refractivity contribution in [3.63, 3.8) is 0 Å². The highest BCUT2D eigenvalue weighted by Gasteiger charge is 2.17. The summed E-state index contributed by atoms with van der Waals surface area (Å²) in [6.07, 6.45) is 3.12. The lowest BCUT2D eigenvalue weighted by Crippen LogP contribution is -2.27. The Morgan fingerprint density at radius 2 is 2.37 bits per heavy atom. The Labute approximate surface area is 115 Å². The van der Waals surface area contributed by atoms with Crippen LogP contribution < -0.4 is 10.9 Å². The van der Waals surface area contributed by atoms with Gasteiger partial charge in [-0.2, -0.15) is 5.10 Å². The van der Waals surface area contributed by atoms with Gasteiger partial charge in [-0.15, -0.1) is 0 Å². The summed E-state index contributed by atoms with van der Waals surface area (Å²) < 4.78 is 5.40. The predicted octanol–water partition coefficient (Wildman–Crippen LogP) is 1.73. The van der Waals surface area contributed by atoms with Crippen LogP contribution >= 0.6 is 11.6 Å². The van der Waals surface area contributed by atoms with Gasteiger partial charge in [-0.3, -0.25) is 9.69 Å². The number of rotatable bonds is 5. The molecule has 0 aliphatic carbocycles. The smallest absolute Gasteiger partial charge is 0.285 e. The molecule has 7 heteroatoms. The molecule has 0 aliphatic heterocycles. The molecule has 2 N–H and O–H groups in total. The number of nitrogens with one attached hydrogen (secondary N) is 2. The Morgan fingerprint density at radius 1 is 1.58 bits per heavy atom. The third-order valence-electron chi connectivity index (χ3n) is 2.78. The molecule has 19 heavy (non-hydrogen) atoms. The van der Waals surface area contributed by atoms with E-state index in [-0.39, 0.29) is 11.1 Å². The number of halogens is 1. The fraction of sp³-hybridized carbons (Fsp3) is 0.333. The van der Waals surface area contributed by atoms with Gasteiger partial charge in [-0.1, -0.05) is 11.6 Å². The monoisotopic (exact) mass is 282 g/mol. The van der Waals surface area contributed by atoms with Gasteiger partial charge in [-0.05, 0) is 26.2 Å². The zero-order valence-corrected chi connectivity index (χ0v) is 11.4. The minimum absolute atomic E-state index is 0.0327. The molecule has 1 atom stereocenters. The number of hydrogen-bond donors (Lipinski definition) is 2. The number of anilines is 1. The van der Waals surface area contributed by atoms with Crippen LogP contribution in [0.4, 0.5) is 5.69 Å². The van der Waals surface area contributed by atoms with Crippen molar-refractivity contribution in [1.29, 1.82) is 0 Å². The van der Waals surface area contributed by atoms with E-state index in [2.05, 4.69) is 15.5 Å². The van der Waals surface area contributed by atoms with Crippen LogP contribution in [0.15, 0.2) is 33.8 Å². The number of furan rings is 1. The molecular weight excluding hydrogens is 268 g/mol. The molecule has 1 unspecified atom stereocenters. The van der Waals surface area contributed by atoms with Gasteiger partial charge in [0.15, 0.2) is 0 Å². The Hall–Kier alpha value is -1.79. The number of nitrogens with zero attached hydrogens (tertiary/aromatic N) is 2. The highest BCUT2D eigenvalue weighted by atomic mass is 35.5. The lowest BCUT2D eigenvalue weighted by molar-refractivity contribution is 0.269. The van der Waals surface area contributed by atoms with Crippen molar-refractivity contribution in [2.75, 3.05) is 26.0 Å². The summed E-state index contributed by atoms with van der Waals surface area (Å²) in [6, 6.07) is 3.78. The average molecular weight is 283 g/mol. The molecule has 2 aromatic rings. The van der Waals surface area contributed by atoms with E-state index in [4.69, 9.17) is 16.0 Å². The molecule has 0 bridgehead atoms. The summed E-state index contributed by atoms with van der Waals surface area (Å²) in [6.45, 7) is 0.547. The zero-order valence-electron chi connectivity index (χ0n) is 10.7. The number of aromatic amines is 1. The van der Waals surface area contributed by atoms with Crippen molar-refractivity contribution in [3.05, 3.63) is 45.7 Å². The number of aromatic nitrogens is 2. The molecule has 6 nitrogen and oxygen atoms in total. The van der Waals surface area contributed by atoms with E-state index in [1.807, 2.05) is 31.1 Å². The zero-order chi connectivity index (χ0) is 13.8. The van der Waals surface area contributed by atoms with Crippen molar-refractivity contribution in [2.24, 2.45) is 0 Å². The van der Waals surface area contributed by atoms with E-state index in [1.165, 1.54) is 6.20 Å². The van der Waals surface area contributed by atoms with E-state index in [1.54, 1.807) is 6.26 Å². The van der Waals surface area contributed by atoms with Gasteiger partial charge in [0, 0.05) is 6.54 Å². The summed E-state index contributed by atoms with van der Waals surface area (Å²) in [5.74, 6) is 0.839. The van der Waals surface area contributed by atoms with E-state index in [0.29, 0.717) is 12.2 Å². The SMILES string of the molecule is CN(C)C(CNc1cn[nH]c(=O)c1Cl)c1ccco1. The second-order valence-electron chi connectivity index (χ2n) is 4.30. The van der Waals surface area contributed by atoms with Crippen molar-refractivity contribution >= 4 is 17.3 Å². The molecule has 2 heterocycles. The number of likely N-dealkylation sites (N-methyl/N-ethyl adjacent to an activating group) is 1. The van der Waals surface area contributed by atoms with Crippen LogP contribution in [0.3, 0.4) is 0 Å². The molecule has 0 spiro atoms. The minimum atomic E-state index is -0.411. The summed E-state index contributed by atoms with van der Waals surface area (Å²) in [5, 5.41) is 9.19. The molecule has 0 aromatic carbocycles. The van der Waals surface area contributed by atoms with E-state index in [9.17, 15) is 4.79 Å². The second-order valence-corrected chi connectivity index (χ2v) is 4.68. The van der Waals surface area contributed by atoms with Gasteiger partial charge in [0.05, 0.1) is 24.2 Å². The number of hydrogen-bond acceptors (Lipinski definition) is 5. The van der Waals surface area contributed by atoms with E-state index in [0.717, 1.165) is 5.76 Å². The summed E-state index contributed by atoms with van der Waals surface area (Å²) in [7, 11) is 3.90. The molecule has 2 rings (SSSR count). The first kappa shape index (κ1) is 13.6. The van der Waals surface area contributed by atoms with Gasteiger partial charge in [0.1, 0.15) is 10.8 Å². The first-order chi connectivity index (χ1) is 9.09. The maximum Gasteiger partial charge on any atom is 0.285 e. The fourth-order valence-electron chi connectivity index (χ4n) is 1.73. The van der Waals surface area contributed by atoms with E-state index < -0.39 is 5.56 Å². The molecule has 0 aliphatic rings. The molecule has 0 amide bonds. The normalized spacial score (nSPS) is 12.6. The molecule has 102 valence electrons. The lowest BCUT2D eigenvalue weighted by Gasteiger charge is -2.23. The molecule has 0 fully saturated rings. The molecule has 2 aromatic heterocycles. The summed E-state index contributed by atoms with van der Waals surface area (Å²) >= 11 is 5.90. The van der Waals surface area contributed by atoms with Gasteiger partial charge >= 0.3 is 0 Å². The maximum atomic E-state index is 11.3. The van der Waals surface area contributed by atoms with Crippen LogP contribution in [0.5, 0.6) is 0 Å². The predicted molar refractivity (Wildman–Crippen MR) is 73.5 cm³/mol. The third-order valence-corrected chi connectivity index (χ3v) is 3.15. The van der Waals surface area contributed by atoms with Crippen LogP contribution in [0, 0.1) is 0 Å². The highest BCUT2D eigenvalue weighted by Crippen LogP contribution is 2.21. The molecule has 0 radical (unpaired) electrons. The van der Waals surface area contributed by atoms with Crippen LogP contribution in [0.2, 0.25) is 5.02 Å². The third kappa shape index (κ3) is 3.15. The Balaban J connectivity index is 2.12.